The summed E-state index contributed by atoms with van der Waals surface area (Å²) in [5.74, 6) is 0.556. The third-order valence-electron chi connectivity index (χ3n) is 2.91. The fraction of sp³-hybridized carbons (Fsp3) is 0.357. The molecule has 0 saturated heterocycles. The maximum atomic E-state index is 12.0. The van der Waals surface area contributed by atoms with Crippen LogP contribution < -0.4 is 15.6 Å². The summed E-state index contributed by atoms with van der Waals surface area (Å²) >= 11 is 6.08. The van der Waals surface area contributed by atoms with Crippen molar-refractivity contribution in [3.63, 3.8) is 0 Å². The monoisotopic (exact) mass is 308 g/mol. The highest BCUT2D eigenvalue weighted by atomic mass is 35.5. The van der Waals surface area contributed by atoms with Crippen molar-refractivity contribution in [3.05, 3.63) is 45.5 Å². The summed E-state index contributed by atoms with van der Waals surface area (Å²) in [6.07, 6.45) is 4.09. The summed E-state index contributed by atoms with van der Waals surface area (Å²) in [6, 6.07) is 3.66. The minimum Gasteiger partial charge on any atom is -0.481 e. The largest absolute Gasteiger partial charge is 0.481 e. The Labute approximate surface area is 127 Å². The van der Waals surface area contributed by atoms with E-state index in [1.807, 2.05) is 13.0 Å². The minimum atomic E-state index is -0.281. The second-order valence-electron chi connectivity index (χ2n) is 4.46. The average molecular weight is 309 g/mol. The zero-order valence-electron chi connectivity index (χ0n) is 12.0. The number of pyridine rings is 1. The topological polar surface area (TPSA) is 69.0 Å². The third kappa shape index (κ3) is 3.72. The van der Waals surface area contributed by atoms with Gasteiger partial charge in [0.05, 0.1) is 19.0 Å². The maximum Gasteiger partial charge on any atom is 0.287 e. The van der Waals surface area contributed by atoms with E-state index in [1.54, 1.807) is 25.6 Å². The van der Waals surface area contributed by atoms with E-state index in [4.69, 9.17) is 16.3 Å². The Morgan fingerprint density at radius 3 is 2.81 bits per heavy atom. The van der Waals surface area contributed by atoms with Crippen molar-refractivity contribution in [3.8, 4) is 5.88 Å². The molecule has 7 heteroatoms. The lowest BCUT2D eigenvalue weighted by molar-refractivity contribution is 0.397. The minimum absolute atomic E-state index is 0.153. The first-order valence-electron chi connectivity index (χ1n) is 6.64. The van der Waals surface area contributed by atoms with Gasteiger partial charge in [0, 0.05) is 25.4 Å². The molecular weight excluding hydrogens is 292 g/mol. The second kappa shape index (κ2) is 7.08. The number of nitrogens with one attached hydrogen (secondary N) is 1. The van der Waals surface area contributed by atoms with Gasteiger partial charge in [0.2, 0.25) is 5.88 Å². The third-order valence-corrected chi connectivity index (χ3v) is 3.28. The molecule has 0 amide bonds. The Kier molecular flexibility index (Phi) is 5.16. The summed E-state index contributed by atoms with van der Waals surface area (Å²) in [4.78, 5) is 16.1. The van der Waals surface area contributed by atoms with Crippen LogP contribution in [0, 0.1) is 0 Å². The van der Waals surface area contributed by atoms with Crippen LogP contribution in [0.3, 0.4) is 0 Å². The molecule has 0 fully saturated rings. The van der Waals surface area contributed by atoms with Crippen LogP contribution in [-0.4, -0.2) is 21.9 Å². The van der Waals surface area contributed by atoms with E-state index in [0.717, 1.165) is 12.0 Å². The van der Waals surface area contributed by atoms with Gasteiger partial charge in [-0.05, 0) is 12.0 Å². The van der Waals surface area contributed by atoms with Gasteiger partial charge in [0.25, 0.3) is 5.56 Å². The number of hydrogen-bond donors (Lipinski definition) is 1. The van der Waals surface area contributed by atoms with Gasteiger partial charge < -0.3 is 10.1 Å². The molecule has 0 aromatic carbocycles. The quantitative estimate of drug-likeness (QED) is 0.887. The number of halogens is 1. The molecule has 0 unspecified atom stereocenters. The Morgan fingerprint density at radius 2 is 2.19 bits per heavy atom. The lowest BCUT2D eigenvalue weighted by Crippen LogP contribution is -2.24. The number of methoxy groups -OCH3 is 1. The molecule has 1 N–H and O–H groups in total. The molecule has 2 aromatic heterocycles. The van der Waals surface area contributed by atoms with E-state index in [2.05, 4.69) is 15.4 Å². The van der Waals surface area contributed by atoms with E-state index in [-0.39, 0.29) is 10.6 Å². The van der Waals surface area contributed by atoms with E-state index >= 15 is 0 Å². The van der Waals surface area contributed by atoms with Crippen LogP contribution in [0.15, 0.2) is 29.3 Å². The molecule has 6 nitrogen and oxygen atoms in total. The highest BCUT2D eigenvalue weighted by Gasteiger charge is 2.08. The van der Waals surface area contributed by atoms with E-state index in [9.17, 15) is 4.79 Å². The predicted octanol–water partition coefficient (Wildman–Crippen LogP) is 2.32. The van der Waals surface area contributed by atoms with Gasteiger partial charge in [0.1, 0.15) is 5.02 Å². The number of rotatable bonds is 6. The zero-order valence-corrected chi connectivity index (χ0v) is 12.7. The average Bonchev–Trinajstić information content (AvgIpc) is 2.52. The van der Waals surface area contributed by atoms with Crippen LogP contribution in [0.5, 0.6) is 5.88 Å². The zero-order chi connectivity index (χ0) is 15.2. The molecule has 0 aliphatic carbocycles. The summed E-state index contributed by atoms with van der Waals surface area (Å²) < 4.78 is 6.36. The molecule has 0 radical (unpaired) electrons. The van der Waals surface area contributed by atoms with Crippen LogP contribution in [0.1, 0.15) is 18.9 Å². The summed E-state index contributed by atoms with van der Waals surface area (Å²) in [5, 5.41) is 7.33. The standard InChI is InChI=1S/C14H17ClN4O2/c1-3-6-19-14(20)13(15)11(9-18-19)16-7-10-4-5-12(21-2)17-8-10/h4-5,8-9,16H,3,6-7H2,1-2H3. The molecule has 0 spiro atoms. The Morgan fingerprint density at radius 1 is 1.38 bits per heavy atom. The van der Waals surface area contributed by atoms with Crippen molar-refractivity contribution < 1.29 is 4.74 Å². The lowest BCUT2D eigenvalue weighted by Gasteiger charge is -2.10. The number of anilines is 1. The van der Waals surface area contributed by atoms with Crippen molar-refractivity contribution in [1.29, 1.82) is 0 Å². The molecule has 0 saturated carbocycles. The molecule has 0 bridgehead atoms. The highest BCUT2D eigenvalue weighted by molar-refractivity contribution is 6.32. The van der Waals surface area contributed by atoms with Crippen molar-refractivity contribution in [2.24, 2.45) is 0 Å². The summed E-state index contributed by atoms with van der Waals surface area (Å²) in [7, 11) is 1.57. The molecule has 112 valence electrons. The predicted molar refractivity (Wildman–Crippen MR) is 81.9 cm³/mol. The van der Waals surface area contributed by atoms with E-state index < -0.39 is 0 Å². The van der Waals surface area contributed by atoms with Crippen molar-refractivity contribution in [2.45, 2.75) is 26.4 Å². The SMILES string of the molecule is CCCn1ncc(NCc2ccc(OC)nc2)c(Cl)c1=O. The normalized spacial score (nSPS) is 10.4. The molecule has 0 aliphatic heterocycles. The first-order valence-corrected chi connectivity index (χ1v) is 7.02. The summed E-state index contributed by atoms with van der Waals surface area (Å²) in [6.45, 7) is 3.03. The number of hydrogen-bond acceptors (Lipinski definition) is 5. The van der Waals surface area contributed by atoms with E-state index in [1.165, 1.54) is 4.68 Å². The number of aryl methyl sites for hydroxylation is 1. The highest BCUT2D eigenvalue weighted by Crippen LogP contribution is 2.16. The van der Waals surface area contributed by atoms with Crippen LogP contribution >= 0.6 is 11.6 Å². The molecule has 0 aliphatic rings. The smallest absolute Gasteiger partial charge is 0.287 e. The van der Waals surface area contributed by atoms with Gasteiger partial charge in [-0.15, -0.1) is 0 Å². The van der Waals surface area contributed by atoms with Crippen LogP contribution in [0.4, 0.5) is 5.69 Å². The van der Waals surface area contributed by atoms with Gasteiger partial charge >= 0.3 is 0 Å². The van der Waals surface area contributed by atoms with Gasteiger partial charge in [-0.25, -0.2) is 9.67 Å². The van der Waals surface area contributed by atoms with Crippen molar-refractivity contribution in [1.82, 2.24) is 14.8 Å². The Bertz CT molecular complexity index is 655. The number of ether oxygens (including phenoxy) is 1. The summed E-state index contributed by atoms with van der Waals surface area (Å²) in [5.41, 5.74) is 1.19. The van der Waals surface area contributed by atoms with Gasteiger partial charge in [-0.3, -0.25) is 4.79 Å². The molecule has 2 heterocycles. The van der Waals surface area contributed by atoms with Crippen LogP contribution in [0.2, 0.25) is 5.02 Å². The van der Waals surface area contributed by atoms with Gasteiger partial charge in [0.15, 0.2) is 0 Å². The first-order chi connectivity index (χ1) is 10.2. The first kappa shape index (κ1) is 15.3. The van der Waals surface area contributed by atoms with E-state index in [0.29, 0.717) is 24.7 Å². The molecular formula is C14H17ClN4O2. The Balaban J connectivity index is 2.09. The fourth-order valence-electron chi connectivity index (χ4n) is 1.79. The number of aromatic nitrogens is 3. The molecule has 21 heavy (non-hydrogen) atoms. The fourth-order valence-corrected chi connectivity index (χ4v) is 2.01. The Hall–Kier alpha value is -2.08. The lowest BCUT2D eigenvalue weighted by atomic mass is 10.3. The second-order valence-corrected chi connectivity index (χ2v) is 4.84. The van der Waals surface area contributed by atoms with Crippen molar-refractivity contribution >= 4 is 17.3 Å². The maximum absolute atomic E-state index is 12.0. The van der Waals surface area contributed by atoms with Crippen molar-refractivity contribution in [2.75, 3.05) is 12.4 Å². The van der Waals surface area contributed by atoms with Crippen LogP contribution in [-0.2, 0) is 13.1 Å². The molecule has 0 atom stereocenters. The molecule has 2 aromatic rings. The van der Waals surface area contributed by atoms with Crippen LogP contribution in [0.25, 0.3) is 0 Å². The molecule has 2 rings (SSSR count). The van der Waals surface area contributed by atoms with Gasteiger partial charge in [-0.1, -0.05) is 24.6 Å². The number of nitrogens with zero attached hydrogens (tertiary/aromatic N) is 3. The van der Waals surface area contributed by atoms with Gasteiger partial charge in [-0.2, -0.15) is 5.10 Å².